The molecule has 0 bridgehead atoms. The largest absolute Gasteiger partial charge is 0.342 e. The second-order valence-electron chi connectivity index (χ2n) is 5.40. The Morgan fingerprint density at radius 2 is 2.09 bits per heavy atom. The predicted octanol–water partition coefficient (Wildman–Crippen LogP) is 3.42. The molecule has 0 aliphatic rings. The lowest BCUT2D eigenvalue weighted by molar-refractivity contribution is -0.130. The molecule has 0 N–H and O–H groups in total. The zero-order valence-corrected chi connectivity index (χ0v) is 13.9. The van der Waals surface area contributed by atoms with Gasteiger partial charge in [-0.1, -0.05) is 29.8 Å². The van der Waals surface area contributed by atoms with Crippen LogP contribution in [0.5, 0.6) is 0 Å². The molecule has 1 heterocycles. The highest BCUT2D eigenvalue weighted by Crippen LogP contribution is 2.24. The fraction of sp³-hybridized carbons (Fsp3) is 0.353. The summed E-state index contributed by atoms with van der Waals surface area (Å²) in [6.45, 7) is 3.92. The van der Waals surface area contributed by atoms with E-state index in [1.807, 2.05) is 31.4 Å². The minimum absolute atomic E-state index is 0.0106. The third-order valence-electron chi connectivity index (χ3n) is 3.62. The second kappa shape index (κ2) is 7.19. The van der Waals surface area contributed by atoms with Gasteiger partial charge in [-0.3, -0.25) is 4.79 Å². The van der Waals surface area contributed by atoms with E-state index in [0.29, 0.717) is 6.42 Å². The average molecular weight is 313 g/mol. The van der Waals surface area contributed by atoms with Crippen LogP contribution in [0.15, 0.2) is 29.6 Å². The summed E-state index contributed by atoms with van der Waals surface area (Å²) in [6, 6.07) is 10.2. The number of nitrogens with zero attached hydrogens (tertiary/aromatic N) is 3. The number of aromatic nitrogens is 1. The summed E-state index contributed by atoms with van der Waals surface area (Å²) in [5.41, 5.74) is 3.06. The Hall–Kier alpha value is -2.19. The van der Waals surface area contributed by atoms with Crippen molar-refractivity contribution in [1.29, 1.82) is 5.26 Å². The van der Waals surface area contributed by atoms with Gasteiger partial charge in [0.05, 0.1) is 24.6 Å². The summed E-state index contributed by atoms with van der Waals surface area (Å²) in [5, 5.41) is 11.6. The van der Waals surface area contributed by atoms with Crippen molar-refractivity contribution < 1.29 is 4.79 Å². The van der Waals surface area contributed by atoms with Gasteiger partial charge < -0.3 is 4.90 Å². The summed E-state index contributed by atoms with van der Waals surface area (Å²) in [7, 11) is 1.73. The first kappa shape index (κ1) is 16.2. The molecule has 0 fully saturated rings. The highest BCUT2D eigenvalue weighted by Gasteiger charge is 2.17. The minimum atomic E-state index is -0.0762. The van der Waals surface area contributed by atoms with E-state index in [1.165, 1.54) is 5.56 Å². The predicted molar refractivity (Wildman–Crippen MR) is 88.5 cm³/mol. The molecule has 1 aromatic heterocycles. The Morgan fingerprint density at radius 3 is 2.73 bits per heavy atom. The molecule has 0 spiro atoms. The normalized spacial score (nSPS) is 11.7. The van der Waals surface area contributed by atoms with Gasteiger partial charge >= 0.3 is 0 Å². The first-order chi connectivity index (χ1) is 10.5. The van der Waals surface area contributed by atoms with Crippen molar-refractivity contribution in [1.82, 2.24) is 9.88 Å². The average Bonchev–Trinajstić information content (AvgIpc) is 2.95. The number of likely N-dealkylation sites (N-methyl/N-ethyl adjacent to an activating group) is 1. The van der Waals surface area contributed by atoms with Gasteiger partial charge in [-0.25, -0.2) is 4.98 Å². The van der Waals surface area contributed by atoms with E-state index in [9.17, 15) is 4.79 Å². The number of nitriles is 1. The molecular weight excluding hydrogens is 294 g/mol. The number of hydrogen-bond donors (Lipinski definition) is 0. The number of amides is 1. The van der Waals surface area contributed by atoms with Crippen LogP contribution in [0.1, 0.15) is 24.6 Å². The van der Waals surface area contributed by atoms with Crippen molar-refractivity contribution in [3.63, 3.8) is 0 Å². The van der Waals surface area contributed by atoms with E-state index < -0.39 is 0 Å². The molecule has 1 atom stereocenters. The SMILES string of the molecule is Cc1ccc(-c2nc(CC(=O)N(C)[C@@H](C)CC#N)cs2)cc1. The van der Waals surface area contributed by atoms with Gasteiger partial charge in [0.25, 0.3) is 0 Å². The molecule has 1 amide bonds. The Bertz CT molecular complexity index is 685. The van der Waals surface area contributed by atoms with E-state index in [1.54, 1.807) is 23.3 Å². The minimum Gasteiger partial charge on any atom is -0.342 e. The summed E-state index contributed by atoms with van der Waals surface area (Å²) >= 11 is 1.55. The van der Waals surface area contributed by atoms with Crippen LogP contribution < -0.4 is 0 Å². The van der Waals surface area contributed by atoms with Crippen LogP contribution in [0.4, 0.5) is 0 Å². The standard InChI is InChI=1S/C17H19N3OS/c1-12-4-6-14(7-5-12)17-19-15(11-22-17)10-16(21)20(3)13(2)8-9-18/h4-7,11,13H,8,10H2,1-3H3/t13-/m0/s1. The van der Waals surface area contributed by atoms with Gasteiger partial charge in [0.1, 0.15) is 5.01 Å². The van der Waals surface area contributed by atoms with E-state index >= 15 is 0 Å². The third kappa shape index (κ3) is 3.92. The molecule has 0 unspecified atom stereocenters. The zero-order chi connectivity index (χ0) is 16.1. The van der Waals surface area contributed by atoms with Crippen molar-refractivity contribution in [3.8, 4) is 16.6 Å². The lowest BCUT2D eigenvalue weighted by Crippen LogP contribution is -2.35. The van der Waals surface area contributed by atoms with Crippen LogP contribution >= 0.6 is 11.3 Å². The molecule has 5 heteroatoms. The van der Waals surface area contributed by atoms with Crippen LogP contribution in [0, 0.1) is 18.3 Å². The number of rotatable bonds is 5. The van der Waals surface area contributed by atoms with Crippen molar-refractivity contribution in [2.45, 2.75) is 32.7 Å². The van der Waals surface area contributed by atoms with Gasteiger partial charge in [0.2, 0.25) is 5.91 Å². The van der Waals surface area contributed by atoms with Gasteiger partial charge in [-0.05, 0) is 13.8 Å². The van der Waals surface area contributed by atoms with Crippen LogP contribution in [0.3, 0.4) is 0 Å². The molecule has 1 aromatic carbocycles. The number of hydrogen-bond acceptors (Lipinski definition) is 4. The maximum Gasteiger partial charge on any atom is 0.228 e. The molecule has 0 aliphatic carbocycles. The first-order valence-corrected chi connectivity index (χ1v) is 8.03. The number of carbonyl (C=O) groups excluding carboxylic acids is 1. The van der Waals surface area contributed by atoms with Gasteiger partial charge in [-0.2, -0.15) is 5.26 Å². The Balaban J connectivity index is 2.04. The number of benzene rings is 1. The molecule has 114 valence electrons. The first-order valence-electron chi connectivity index (χ1n) is 7.15. The molecule has 2 rings (SSSR count). The second-order valence-corrected chi connectivity index (χ2v) is 6.26. The van der Waals surface area contributed by atoms with E-state index in [4.69, 9.17) is 5.26 Å². The summed E-state index contributed by atoms with van der Waals surface area (Å²) in [4.78, 5) is 18.4. The van der Waals surface area contributed by atoms with Crippen molar-refractivity contribution in [3.05, 3.63) is 40.9 Å². The van der Waals surface area contributed by atoms with Crippen LogP contribution in [0.2, 0.25) is 0 Å². The zero-order valence-electron chi connectivity index (χ0n) is 13.0. The lowest BCUT2D eigenvalue weighted by atomic mass is 10.1. The monoisotopic (exact) mass is 313 g/mol. The van der Waals surface area contributed by atoms with E-state index in [2.05, 4.69) is 23.2 Å². The van der Waals surface area contributed by atoms with E-state index in [-0.39, 0.29) is 18.4 Å². The van der Waals surface area contributed by atoms with Crippen LogP contribution in [0.25, 0.3) is 10.6 Å². The Kier molecular flexibility index (Phi) is 5.29. The fourth-order valence-electron chi connectivity index (χ4n) is 2.01. The summed E-state index contributed by atoms with van der Waals surface area (Å²) in [6.07, 6.45) is 0.614. The van der Waals surface area contributed by atoms with Crippen molar-refractivity contribution >= 4 is 17.2 Å². The van der Waals surface area contributed by atoms with Crippen LogP contribution in [-0.4, -0.2) is 28.9 Å². The van der Waals surface area contributed by atoms with E-state index in [0.717, 1.165) is 16.3 Å². The molecule has 4 nitrogen and oxygen atoms in total. The molecule has 0 saturated carbocycles. The maximum absolute atomic E-state index is 12.2. The van der Waals surface area contributed by atoms with Crippen molar-refractivity contribution in [2.75, 3.05) is 7.05 Å². The summed E-state index contributed by atoms with van der Waals surface area (Å²) in [5.74, 6) is -0.0106. The van der Waals surface area contributed by atoms with Gasteiger partial charge in [-0.15, -0.1) is 11.3 Å². The number of thiazole rings is 1. The molecule has 22 heavy (non-hydrogen) atoms. The quantitative estimate of drug-likeness (QED) is 0.850. The number of carbonyl (C=O) groups is 1. The maximum atomic E-state index is 12.2. The molecule has 2 aromatic rings. The lowest BCUT2D eigenvalue weighted by Gasteiger charge is -2.22. The molecular formula is C17H19N3OS. The van der Waals surface area contributed by atoms with Gasteiger partial charge in [0, 0.05) is 24.0 Å². The highest BCUT2D eigenvalue weighted by atomic mass is 32.1. The molecule has 0 radical (unpaired) electrons. The third-order valence-corrected chi connectivity index (χ3v) is 4.56. The Labute approximate surface area is 135 Å². The fourth-order valence-corrected chi connectivity index (χ4v) is 2.84. The summed E-state index contributed by atoms with van der Waals surface area (Å²) < 4.78 is 0. The smallest absolute Gasteiger partial charge is 0.228 e. The molecule has 0 aliphatic heterocycles. The van der Waals surface area contributed by atoms with Crippen molar-refractivity contribution in [2.24, 2.45) is 0 Å². The Morgan fingerprint density at radius 1 is 1.41 bits per heavy atom. The highest BCUT2D eigenvalue weighted by molar-refractivity contribution is 7.13. The topological polar surface area (TPSA) is 57.0 Å². The van der Waals surface area contributed by atoms with Crippen LogP contribution in [-0.2, 0) is 11.2 Å². The molecule has 0 saturated heterocycles. The van der Waals surface area contributed by atoms with Gasteiger partial charge in [0.15, 0.2) is 0 Å². The number of aryl methyl sites for hydroxylation is 1.